The number of ether oxygens (including phenoxy) is 1. The Morgan fingerprint density at radius 3 is 2.25 bits per heavy atom. The smallest absolute Gasteiger partial charge is 0.119 e. The lowest BCUT2D eigenvalue weighted by molar-refractivity contribution is 0.415. The van der Waals surface area contributed by atoms with Crippen molar-refractivity contribution in [3.63, 3.8) is 0 Å². The largest absolute Gasteiger partial charge is 0.497 e. The highest BCUT2D eigenvalue weighted by atomic mass is 35.5. The monoisotopic (exact) mass is 289 g/mol. The summed E-state index contributed by atoms with van der Waals surface area (Å²) in [5.41, 5.74) is 2.35. The van der Waals surface area contributed by atoms with Crippen LogP contribution in [0.4, 0.5) is 5.69 Å². The van der Waals surface area contributed by atoms with E-state index in [2.05, 4.69) is 24.4 Å². The number of hydrogen-bond donors (Lipinski definition) is 1. The van der Waals surface area contributed by atoms with Crippen LogP contribution in [-0.2, 0) is 0 Å². The van der Waals surface area contributed by atoms with Gasteiger partial charge in [0, 0.05) is 10.7 Å². The molecule has 1 unspecified atom stereocenters. The van der Waals surface area contributed by atoms with Gasteiger partial charge in [0.05, 0.1) is 13.2 Å². The van der Waals surface area contributed by atoms with E-state index in [1.165, 1.54) is 5.56 Å². The van der Waals surface area contributed by atoms with Gasteiger partial charge in [-0.2, -0.15) is 0 Å². The normalized spacial score (nSPS) is 11.9. The maximum Gasteiger partial charge on any atom is 0.119 e. The topological polar surface area (TPSA) is 21.3 Å². The summed E-state index contributed by atoms with van der Waals surface area (Å²) in [6, 6.07) is 16.4. The van der Waals surface area contributed by atoms with Gasteiger partial charge in [-0.15, -0.1) is 0 Å². The van der Waals surface area contributed by atoms with Crippen molar-refractivity contribution >= 4 is 17.3 Å². The molecule has 0 bridgehead atoms. The van der Waals surface area contributed by atoms with Crippen LogP contribution < -0.4 is 10.1 Å². The van der Waals surface area contributed by atoms with Gasteiger partial charge in [0.2, 0.25) is 0 Å². The van der Waals surface area contributed by atoms with Crippen LogP contribution >= 0.6 is 11.6 Å². The Hall–Kier alpha value is -1.67. The highest BCUT2D eigenvalue weighted by Crippen LogP contribution is 2.26. The minimum atomic E-state index is 0.297. The zero-order valence-corrected chi connectivity index (χ0v) is 12.7. The quantitative estimate of drug-likeness (QED) is 0.779. The maximum atomic E-state index is 5.95. The van der Waals surface area contributed by atoms with Crippen LogP contribution in [0.1, 0.15) is 31.4 Å². The maximum absolute atomic E-state index is 5.95. The standard InChI is InChI=1S/C17H20ClNO/c1-3-4-17(13-5-7-14(18)8-6-13)19-15-9-11-16(20-2)12-10-15/h5-12,17,19H,3-4H2,1-2H3. The predicted octanol–water partition coefficient (Wildman–Crippen LogP) is 5.30. The Morgan fingerprint density at radius 2 is 1.70 bits per heavy atom. The molecule has 1 N–H and O–H groups in total. The second kappa shape index (κ2) is 7.20. The van der Waals surface area contributed by atoms with Gasteiger partial charge in [0.25, 0.3) is 0 Å². The third-order valence-corrected chi connectivity index (χ3v) is 3.53. The molecular formula is C17H20ClNO. The van der Waals surface area contributed by atoms with Crippen molar-refractivity contribution in [3.05, 3.63) is 59.1 Å². The summed E-state index contributed by atoms with van der Waals surface area (Å²) in [4.78, 5) is 0. The first kappa shape index (κ1) is 14.7. The molecule has 0 saturated heterocycles. The van der Waals surface area contributed by atoms with Crippen LogP contribution in [0.2, 0.25) is 5.02 Å². The van der Waals surface area contributed by atoms with Crippen LogP contribution in [0, 0.1) is 0 Å². The summed E-state index contributed by atoms with van der Waals surface area (Å²) in [5.74, 6) is 0.870. The molecule has 106 valence electrons. The minimum Gasteiger partial charge on any atom is -0.497 e. The molecule has 1 atom stereocenters. The SMILES string of the molecule is CCCC(Nc1ccc(OC)cc1)c1ccc(Cl)cc1. The van der Waals surface area contributed by atoms with Crippen molar-refractivity contribution in [2.45, 2.75) is 25.8 Å². The summed E-state index contributed by atoms with van der Waals surface area (Å²) in [6.45, 7) is 2.19. The number of benzene rings is 2. The lowest BCUT2D eigenvalue weighted by atomic mass is 10.0. The molecule has 2 nitrogen and oxygen atoms in total. The summed E-state index contributed by atoms with van der Waals surface area (Å²) in [5, 5.41) is 4.34. The highest BCUT2D eigenvalue weighted by Gasteiger charge is 2.10. The van der Waals surface area contributed by atoms with Crippen LogP contribution in [0.3, 0.4) is 0 Å². The fraction of sp³-hybridized carbons (Fsp3) is 0.294. The molecule has 0 aliphatic rings. The minimum absolute atomic E-state index is 0.297. The summed E-state index contributed by atoms with van der Waals surface area (Å²) in [6.07, 6.45) is 2.20. The fourth-order valence-electron chi connectivity index (χ4n) is 2.19. The lowest BCUT2D eigenvalue weighted by Crippen LogP contribution is -2.10. The molecule has 0 aromatic heterocycles. The fourth-order valence-corrected chi connectivity index (χ4v) is 2.32. The molecule has 2 aromatic carbocycles. The van der Waals surface area contributed by atoms with Crippen molar-refractivity contribution in [3.8, 4) is 5.75 Å². The van der Waals surface area contributed by atoms with Crippen LogP contribution in [-0.4, -0.2) is 7.11 Å². The summed E-state index contributed by atoms with van der Waals surface area (Å²) < 4.78 is 5.18. The van der Waals surface area contributed by atoms with Crippen LogP contribution in [0.25, 0.3) is 0 Å². The third kappa shape index (κ3) is 3.91. The van der Waals surface area contributed by atoms with Gasteiger partial charge in [-0.1, -0.05) is 37.1 Å². The number of methoxy groups -OCH3 is 1. The average Bonchev–Trinajstić information content (AvgIpc) is 2.48. The average molecular weight is 290 g/mol. The third-order valence-electron chi connectivity index (χ3n) is 3.28. The van der Waals surface area contributed by atoms with E-state index in [0.717, 1.165) is 29.3 Å². The van der Waals surface area contributed by atoms with Crippen molar-refractivity contribution < 1.29 is 4.74 Å². The molecular weight excluding hydrogens is 270 g/mol. The molecule has 0 saturated carbocycles. The number of rotatable bonds is 6. The second-order valence-corrected chi connectivity index (χ2v) is 5.20. The van der Waals surface area contributed by atoms with Crippen molar-refractivity contribution in [2.24, 2.45) is 0 Å². The highest BCUT2D eigenvalue weighted by molar-refractivity contribution is 6.30. The molecule has 0 fully saturated rings. The van der Waals surface area contributed by atoms with E-state index in [4.69, 9.17) is 16.3 Å². The molecule has 0 aliphatic carbocycles. The predicted molar refractivity (Wildman–Crippen MR) is 85.7 cm³/mol. The zero-order chi connectivity index (χ0) is 14.4. The second-order valence-electron chi connectivity index (χ2n) is 4.77. The first-order valence-corrected chi connectivity index (χ1v) is 7.26. The molecule has 0 aliphatic heterocycles. The van der Waals surface area contributed by atoms with Gasteiger partial charge < -0.3 is 10.1 Å². The van der Waals surface area contributed by atoms with Crippen molar-refractivity contribution in [1.82, 2.24) is 0 Å². The van der Waals surface area contributed by atoms with E-state index in [9.17, 15) is 0 Å². The Kier molecular flexibility index (Phi) is 5.31. The Bertz CT molecular complexity index is 522. The van der Waals surface area contributed by atoms with E-state index in [0.29, 0.717) is 6.04 Å². The van der Waals surface area contributed by atoms with E-state index in [1.807, 2.05) is 36.4 Å². The Balaban J connectivity index is 2.13. The molecule has 20 heavy (non-hydrogen) atoms. The molecule has 0 spiro atoms. The molecule has 0 amide bonds. The summed E-state index contributed by atoms with van der Waals surface area (Å²) >= 11 is 5.95. The zero-order valence-electron chi connectivity index (χ0n) is 11.9. The molecule has 2 rings (SSSR count). The van der Waals surface area contributed by atoms with Gasteiger partial charge in [0.1, 0.15) is 5.75 Å². The number of halogens is 1. The van der Waals surface area contributed by atoms with Gasteiger partial charge in [-0.3, -0.25) is 0 Å². The number of nitrogens with one attached hydrogen (secondary N) is 1. The van der Waals surface area contributed by atoms with Gasteiger partial charge in [0.15, 0.2) is 0 Å². The van der Waals surface area contributed by atoms with Crippen LogP contribution in [0.5, 0.6) is 5.75 Å². The number of anilines is 1. The molecule has 3 heteroatoms. The van der Waals surface area contributed by atoms with Crippen molar-refractivity contribution in [2.75, 3.05) is 12.4 Å². The molecule has 2 aromatic rings. The first-order chi connectivity index (χ1) is 9.72. The number of hydrogen-bond acceptors (Lipinski definition) is 2. The van der Waals surface area contributed by atoms with E-state index >= 15 is 0 Å². The summed E-state index contributed by atoms with van der Waals surface area (Å²) in [7, 11) is 1.68. The van der Waals surface area contributed by atoms with Gasteiger partial charge in [-0.05, 0) is 48.4 Å². The Labute approximate surface area is 125 Å². The molecule has 0 heterocycles. The molecule has 0 radical (unpaired) electrons. The Morgan fingerprint density at radius 1 is 1.05 bits per heavy atom. The van der Waals surface area contributed by atoms with Gasteiger partial charge in [-0.25, -0.2) is 0 Å². The van der Waals surface area contributed by atoms with Crippen molar-refractivity contribution in [1.29, 1.82) is 0 Å². The van der Waals surface area contributed by atoms with E-state index in [1.54, 1.807) is 7.11 Å². The van der Waals surface area contributed by atoms with E-state index < -0.39 is 0 Å². The van der Waals surface area contributed by atoms with Crippen LogP contribution in [0.15, 0.2) is 48.5 Å². The first-order valence-electron chi connectivity index (χ1n) is 6.89. The lowest BCUT2D eigenvalue weighted by Gasteiger charge is -2.20. The van der Waals surface area contributed by atoms with Gasteiger partial charge >= 0.3 is 0 Å². The van der Waals surface area contributed by atoms with E-state index in [-0.39, 0.29) is 0 Å².